The minimum atomic E-state index is -0.404. The molecular weight excluding hydrogens is 274 g/mol. The molecule has 2 heterocycles. The van der Waals surface area contributed by atoms with Crippen LogP contribution in [0.2, 0.25) is 0 Å². The van der Waals surface area contributed by atoms with E-state index in [1.54, 1.807) is 11.8 Å². The van der Waals surface area contributed by atoms with Crippen molar-refractivity contribution in [3.8, 4) is 0 Å². The summed E-state index contributed by atoms with van der Waals surface area (Å²) in [5.74, 6) is 1.36. The van der Waals surface area contributed by atoms with Crippen LogP contribution in [0.25, 0.3) is 0 Å². The molecule has 5 nitrogen and oxygen atoms in total. The smallest absolute Gasteiger partial charge is 0.251 e. The number of amidine groups is 1. The fourth-order valence-corrected chi connectivity index (χ4v) is 4.66. The maximum Gasteiger partial charge on any atom is 0.251 e. The Bertz CT molecular complexity index is 465. The highest BCUT2D eigenvalue weighted by molar-refractivity contribution is 8.14. The van der Waals surface area contributed by atoms with E-state index in [9.17, 15) is 9.59 Å². The molecule has 110 valence electrons. The minimum absolute atomic E-state index is 0.183. The highest BCUT2D eigenvalue weighted by Gasteiger charge is 2.40. The van der Waals surface area contributed by atoms with Crippen molar-refractivity contribution in [2.75, 3.05) is 5.75 Å². The summed E-state index contributed by atoms with van der Waals surface area (Å²) in [7, 11) is 0. The number of imide groups is 1. The number of amides is 2. The Balaban J connectivity index is 1.66. The average molecular weight is 295 g/mol. The molecule has 6 heteroatoms. The van der Waals surface area contributed by atoms with Gasteiger partial charge in [-0.1, -0.05) is 31.5 Å². The molecule has 0 aromatic rings. The zero-order chi connectivity index (χ0) is 14.2. The van der Waals surface area contributed by atoms with Gasteiger partial charge < -0.3 is 5.32 Å². The van der Waals surface area contributed by atoms with Gasteiger partial charge in [0.05, 0.1) is 0 Å². The first-order valence-corrected chi connectivity index (χ1v) is 8.37. The number of thioether (sulfide) groups is 1. The van der Waals surface area contributed by atoms with Crippen LogP contribution in [0.1, 0.15) is 45.4 Å². The van der Waals surface area contributed by atoms with E-state index in [2.05, 4.69) is 22.5 Å². The van der Waals surface area contributed by atoms with Crippen LogP contribution in [0, 0.1) is 5.92 Å². The van der Waals surface area contributed by atoms with Gasteiger partial charge in [0.25, 0.3) is 5.91 Å². The van der Waals surface area contributed by atoms with Gasteiger partial charge in [0, 0.05) is 17.7 Å². The highest BCUT2D eigenvalue weighted by Crippen LogP contribution is 2.38. The van der Waals surface area contributed by atoms with Crippen molar-refractivity contribution >= 4 is 28.7 Å². The molecule has 2 amide bonds. The van der Waals surface area contributed by atoms with Crippen LogP contribution >= 0.6 is 11.8 Å². The predicted molar refractivity (Wildman–Crippen MR) is 79.6 cm³/mol. The monoisotopic (exact) mass is 295 g/mol. The number of piperidine rings is 1. The Morgan fingerprint density at radius 1 is 1.35 bits per heavy atom. The molecule has 3 unspecified atom stereocenters. The van der Waals surface area contributed by atoms with Crippen molar-refractivity contribution in [3.05, 3.63) is 0 Å². The number of carbonyl (C=O) groups is 2. The number of hydrogen-bond acceptors (Lipinski definition) is 4. The third kappa shape index (κ3) is 2.85. The first kappa shape index (κ1) is 13.9. The van der Waals surface area contributed by atoms with Crippen molar-refractivity contribution in [2.45, 2.75) is 57.0 Å². The molecule has 0 aromatic heterocycles. The van der Waals surface area contributed by atoms with E-state index in [1.807, 2.05) is 0 Å². The van der Waals surface area contributed by atoms with Gasteiger partial charge in [-0.3, -0.25) is 14.9 Å². The van der Waals surface area contributed by atoms with Gasteiger partial charge >= 0.3 is 0 Å². The van der Waals surface area contributed by atoms with E-state index >= 15 is 0 Å². The molecule has 1 spiro atoms. The molecule has 1 saturated carbocycles. The van der Waals surface area contributed by atoms with Crippen LogP contribution in [0.4, 0.5) is 0 Å². The largest absolute Gasteiger partial charge is 0.359 e. The molecule has 2 saturated heterocycles. The molecule has 0 radical (unpaired) electrons. The van der Waals surface area contributed by atoms with E-state index in [4.69, 9.17) is 0 Å². The summed E-state index contributed by atoms with van der Waals surface area (Å²) in [6.45, 7) is 2.31. The van der Waals surface area contributed by atoms with Crippen molar-refractivity contribution in [2.24, 2.45) is 10.9 Å². The number of nitrogens with one attached hydrogen (secondary N) is 2. The van der Waals surface area contributed by atoms with Gasteiger partial charge in [0.15, 0.2) is 5.17 Å². The summed E-state index contributed by atoms with van der Waals surface area (Å²) in [5.41, 5.74) is 0.183. The molecule has 2 aliphatic heterocycles. The quantitative estimate of drug-likeness (QED) is 0.718. The lowest BCUT2D eigenvalue weighted by Gasteiger charge is -2.36. The molecule has 3 rings (SSSR count). The Morgan fingerprint density at radius 3 is 2.95 bits per heavy atom. The van der Waals surface area contributed by atoms with E-state index in [-0.39, 0.29) is 17.4 Å². The summed E-state index contributed by atoms with van der Waals surface area (Å²) in [6.07, 6.45) is 5.88. The second-order valence-electron chi connectivity index (χ2n) is 6.30. The fraction of sp³-hybridized carbons (Fsp3) is 0.786. The second kappa shape index (κ2) is 5.39. The maximum atomic E-state index is 11.7. The Morgan fingerprint density at radius 2 is 2.20 bits per heavy atom. The molecule has 3 fully saturated rings. The van der Waals surface area contributed by atoms with Crippen LogP contribution in [0.3, 0.4) is 0 Å². The van der Waals surface area contributed by atoms with Gasteiger partial charge in [0.2, 0.25) is 5.91 Å². The number of nitrogens with zero attached hydrogens (tertiary/aromatic N) is 1. The van der Waals surface area contributed by atoms with Gasteiger partial charge in [-0.15, -0.1) is 0 Å². The minimum Gasteiger partial charge on any atom is -0.359 e. The van der Waals surface area contributed by atoms with Crippen LogP contribution in [-0.4, -0.2) is 34.3 Å². The highest BCUT2D eigenvalue weighted by atomic mass is 32.2. The number of hydrogen-bond donors (Lipinski definition) is 2. The van der Waals surface area contributed by atoms with Gasteiger partial charge in [0.1, 0.15) is 6.04 Å². The van der Waals surface area contributed by atoms with Crippen LogP contribution in [0.15, 0.2) is 4.99 Å². The second-order valence-corrected chi connectivity index (χ2v) is 7.26. The maximum absolute atomic E-state index is 11.7. The predicted octanol–water partition coefficient (Wildman–Crippen LogP) is 1.43. The molecule has 2 N–H and O–H groups in total. The Hall–Kier alpha value is -1.04. The summed E-state index contributed by atoms with van der Waals surface area (Å²) >= 11 is 1.72. The molecule has 20 heavy (non-hydrogen) atoms. The molecule has 0 aromatic carbocycles. The van der Waals surface area contributed by atoms with Gasteiger partial charge in [-0.25, -0.2) is 4.99 Å². The first-order valence-electron chi connectivity index (χ1n) is 7.39. The number of rotatable bonds is 1. The van der Waals surface area contributed by atoms with E-state index < -0.39 is 6.04 Å². The van der Waals surface area contributed by atoms with E-state index in [1.165, 1.54) is 25.7 Å². The molecule has 3 aliphatic rings. The lowest BCUT2D eigenvalue weighted by molar-refractivity contribution is -0.133. The SMILES string of the molecule is CC1CCCC2(CSC(=NC3CCC(=O)NC3=O)N2)C1. The number of carbonyl (C=O) groups excluding carboxylic acids is 2. The third-order valence-electron chi connectivity index (χ3n) is 4.43. The van der Waals surface area contributed by atoms with E-state index in [0.717, 1.165) is 16.8 Å². The van der Waals surface area contributed by atoms with Crippen LogP contribution in [-0.2, 0) is 9.59 Å². The fourth-order valence-electron chi connectivity index (χ4n) is 3.43. The normalized spacial score (nSPS) is 40.0. The van der Waals surface area contributed by atoms with Crippen molar-refractivity contribution in [1.82, 2.24) is 10.6 Å². The van der Waals surface area contributed by atoms with Crippen molar-refractivity contribution in [1.29, 1.82) is 0 Å². The topological polar surface area (TPSA) is 70.6 Å². The molecular formula is C14H21N3O2S. The summed E-state index contributed by atoms with van der Waals surface area (Å²) in [6, 6.07) is -0.404. The molecule has 0 bridgehead atoms. The zero-order valence-electron chi connectivity index (χ0n) is 11.8. The van der Waals surface area contributed by atoms with E-state index in [0.29, 0.717) is 12.8 Å². The molecule has 3 atom stereocenters. The van der Waals surface area contributed by atoms with Crippen molar-refractivity contribution in [3.63, 3.8) is 0 Å². The van der Waals surface area contributed by atoms with Gasteiger partial charge in [-0.2, -0.15) is 0 Å². The van der Waals surface area contributed by atoms with Gasteiger partial charge in [-0.05, 0) is 25.2 Å². The van der Waals surface area contributed by atoms with Crippen LogP contribution < -0.4 is 10.6 Å². The first-order chi connectivity index (χ1) is 9.56. The number of aliphatic imine (C=N–C) groups is 1. The average Bonchev–Trinajstić information content (AvgIpc) is 2.75. The van der Waals surface area contributed by atoms with Crippen LogP contribution in [0.5, 0.6) is 0 Å². The Labute approximate surface area is 123 Å². The summed E-state index contributed by atoms with van der Waals surface area (Å²) in [4.78, 5) is 27.4. The third-order valence-corrected chi connectivity index (χ3v) is 5.61. The summed E-state index contributed by atoms with van der Waals surface area (Å²) < 4.78 is 0. The standard InChI is InChI=1S/C14H21N3O2S/c1-9-3-2-6-14(7-9)8-20-13(17-14)15-10-4-5-11(18)16-12(10)19/h9-10H,2-8H2,1H3,(H,15,17)(H,16,18,19). The lowest BCUT2D eigenvalue weighted by Crippen LogP contribution is -2.48. The summed E-state index contributed by atoms with van der Waals surface area (Å²) in [5, 5.41) is 6.81. The lowest BCUT2D eigenvalue weighted by atomic mass is 9.78. The zero-order valence-corrected chi connectivity index (χ0v) is 12.6. The van der Waals surface area contributed by atoms with Crippen molar-refractivity contribution < 1.29 is 9.59 Å². The molecule has 1 aliphatic carbocycles. The Kier molecular flexibility index (Phi) is 3.75.